The van der Waals surface area contributed by atoms with Crippen LogP contribution in [0.3, 0.4) is 0 Å². The Bertz CT molecular complexity index is 912. The van der Waals surface area contributed by atoms with Crippen molar-refractivity contribution < 1.29 is 14.3 Å². The van der Waals surface area contributed by atoms with E-state index in [0.29, 0.717) is 21.1 Å². The molecule has 1 aliphatic rings. The molecule has 7 nitrogen and oxygen atoms in total. The summed E-state index contributed by atoms with van der Waals surface area (Å²) in [5, 5.41) is 1.36. The third-order valence-electron chi connectivity index (χ3n) is 3.73. The van der Waals surface area contributed by atoms with Crippen molar-refractivity contribution >= 4 is 46.3 Å². The van der Waals surface area contributed by atoms with Crippen LogP contribution in [0.2, 0.25) is 5.02 Å². The molecule has 0 aliphatic carbocycles. The average molecular weight is 382 g/mol. The van der Waals surface area contributed by atoms with Crippen LogP contribution in [-0.2, 0) is 9.53 Å². The summed E-state index contributed by atoms with van der Waals surface area (Å²) in [6.45, 7) is 4.19. The quantitative estimate of drug-likeness (QED) is 0.598. The summed E-state index contributed by atoms with van der Waals surface area (Å²) in [6, 6.07) is 4.78. The molecule has 9 heteroatoms. The van der Waals surface area contributed by atoms with Gasteiger partial charge in [0.2, 0.25) is 5.91 Å². The van der Waals surface area contributed by atoms with E-state index in [2.05, 4.69) is 4.98 Å². The number of aromatic nitrogens is 2. The van der Waals surface area contributed by atoms with Crippen LogP contribution >= 0.6 is 23.4 Å². The number of amides is 2. The van der Waals surface area contributed by atoms with Crippen molar-refractivity contribution in [3.8, 4) is 0 Å². The van der Waals surface area contributed by atoms with Gasteiger partial charge in [0.25, 0.3) is 5.56 Å². The van der Waals surface area contributed by atoms with Gasteiger partial charge < -0.3 is 4.74 Å². The first-order valence-electron chi connectivity index (χ1n) is 7.70. The van der Waals surface area contributed by atoms with Gasteiger partial charge in [0, 0.05) is 11.1 Å². The maximum absolute atomic E-state index is 12.8. The van der Waals surface area contributed by atoms with E-state index >= 15 is 0 Å². The van der Waals surface area contributed by atoms with E-state index in [1.807, 2.05) is 13.8 Å². The predicted molar refractivity (Wildman–Crippen MR) is 95.2 cm³/mol. The molecule has 0 atom stereocenters. The molecule has 2 aromatic rings. The van der Waals surface area contributed by atoms with Crippen LogP contribution in [0, 0.1) is 0 Å². The van der Waals surface area contributed by atoms with Crippen molar-refractivity contribution in [2.45, 2.75) is 25.0 Å². The van der Waals surface area contributed by atoms with Crippen LogP contribution in [0.25, 0.3) is 10.9 Å². The molecule has 3 rings (SSSR count). The molecule has 1 aliphatic heterocycles. The lowest BCUT2D eigenvalue weighted by Crippen LogP contribution is -2.33. The fourth-order valence-corrected chi connectivity index (χ4v) is 3.70. The number of halogens is 1. The number of imide groups is 1. The van der Waals surface area contributed by atoms with Gasteiger partial charge >= 0.3 is 6.09 Å². The van der Waals surface area contributed by atoms with Crippen LogP contribution in [0.1, 0.15) is 19.9 Å². The smallest absolute Gasteiger partial charge is 0.416 e. The van der Waals surface area contributed by atoms with Gasteiger partial charge in [0.1, 0.15) is 6.61 Å². The summed E-state index contributed by atoms with van der Waals surface area (Å²) >= 11 is 7.10. The SMILES string of the molecule is CC(C)n1c(SCC(=O)N2CCOC2=O)nc2cc(Cl)ccc2c1=O. The highest BCUT2D eigenvalue weighted by Crippen LogP contribution is 2.23. The molecule has 0 bridgehead atoms. The second-order valence-electron chi connectivity index (χ2n) is 5.77. The molecule has 1 saturated heterocycles. The number of carbonyl (C=O) groups is 2. The zero-order chi connectivity index (χ0) is 18.1. The van der Waals surface area contributed by atoms with Crippen molar-refractivity contribution in [2.24, 2.45) is 0 Å². The van der Waals surface area contributed by atoms with Crippen molar-refractivity contribution in [1.82, 2.24) is 14.5 Å². The Hall–Kier alpha value is -2.06. The summed E-state index contributed by atoms with van der Waals surface area (Å²) in [5.74, 6) is -0.386. The largest absolute Gasteiger partial charge is 0.447 e. The van der Waals surface area contributed by atoms with E-state index in [0.717, 1.165) is 16.7 Å². The lowest BCUT2D eigenvalue weighted by Gasteiger charge is -2.17. The first-order valence-corrected chi connectivity index (χ1v) is 9.06. The number of benzene rings is 1. The highest BCUT2D eigenvalue weighted by Gasteiger charge is 2.28. The van der Waals surface area contributed by atoms with Gasteiger partial charge in [-0.25, -0.2) is 14.7 Å². The molecule has 1 aromatic carbocycles. The van der Waals surface area contributed by atoms with Crippen molar-refractivity contribution in [3.63, 3.8) is 0 Å². The fraction of sp³-hybridized carbons (Fsp3) is 0.375. The number of rotatable bonds is 4. The molecule has 0 unspecified atom stereocenters. The first kappa shape index (κ1) is 17.8. The molecular formula is C16H16ClN3O4S. The second-order valence-corrected chi connectivity index (χ2v) is 7.15. The first-order chi connectivity index (χ1) is 11.9. The van der Waals surface area contributed by atoms with Gasteiger partial charge in [0.05, 0.1) is 23.2 Å². The maximum Gasteiger partial charge on any atom is 0.416 e. The van der Waals surface area contributed by atoms with E-state index in [1.54, 1.807) is 18.2 Å². The van der Waals surface area contributed by atoms with Crippen LogP contribution in [0.4, 0.5) is 4.79 Å². The van der Waals surface area contributed by atoms with Gasteiger partial charge in [-0.2, -0.15) is 0 Å². The van der Waals surface area contributed by atoms with Gasteiger partial charge in [-0.3, -0.25) is 14.2 Å². The number of carbonyl (C=O) groups excluding carboxylic acids is 2. The Morgan fingerprint density at radius 2 is 2.16 bits per heavy atom. The zero-order valence-corrected chi connectivity index (χ0v) is 15.3. The summed E-state index contributed by atoms with van der Waals surface area (Å²) in [7, 11) is 0. The zero-order valence-electron chi connectivity index (χ0n) is 13.7. The Kier molecular flexibility index (Phi) is 5.01. The second kappa shape index (κ2) is 7.05. The third-order valence-corrected chi connectivity index (χ3v) is 4.91. The van der Waals surface area contributed by atoms with Gasteiger partial charge in [-0.15, -0.1) is 0 Å². The lowest BCUT2D eigenvalue weighted by atomic mass is 10.2. The molecule has 2 heterocycles. The monoisotopic (exact) mass is 381 g/mol. The number of hydrogen-bond acceptors (Lipinski definition) is 6. The molecule has 25 heavy (non-hydrogen) atoms. The molecule has 0 spiro atoms. The van der Waals surface area contributed by atoms with Gasteiger partial charge in [-0.05, 0) is 32.0 Å². The minimum absolute atomic E-state index is 0.0136. The molecule has 2 amide bonds. The minimum Gasteiger partial charge on any atom is -0.447 e. The van der Waals surface area contributed by atoms with Gasteiger partial charge in [-0.1, -0.05) is 23.4 Å². The molecule has 0 N–H and O–H groups in total. The van der Waals surface area contributed by atoms with Crippen LogP contribution in [0.5, 0.6) is 0 Å². The Morgan fingerprint density at radius 3 is 2.80 bits per heavy atom. The Labute approximate surface area is 152 Å². The molecular weight excluding hydrogens is 366 g/mol. The van der Waals surface area contributed by atoms with Crippen molar-refractivity contribution in [3.05, 3.63) is 33.6 Å². The number of ether oxygens (including phenoxy) is 1. The summed E-state index contributed by atoms with van der Waals surface area (Å²) in [6.07, 6.45) is -0.634. The standard InChI is InChI=1S/C16H16ClN3O4S/c1-9(2)20-14(22)11-4-3-10(17)7-12(11)18-15(20)25-8-13(21)19-5-6-24-16(19)23/h3-4,7,9H,5-6,8H2,1-2H3. The minimum atomic E-state index is -0.634. The van der Waals surface area contributed by atoms with Crippen LogP contribution in [-0.4, -0.2) is 45.4 Å². The van der Waals surface area contributed by atoms with Crippen LogP contribution < -0.4 is 5.56 Å². The number of thioether (sulfide) groups is 1. The predicted octanol–water partition coefficient (Wildman–Crippen LogP) is 2.70. The van der Waals surface area contributed by atoms with E-state index in [-0.39, 0.29) is 36.4 Å². The van der Waals surface area contributed by atoms with E-state index in [1.165, 1.54) is 4.57 Å². The number of fused-ring (bicyclic) bond motifs is 1. The molecule has 132 valence electrons. The molecule has 0 saturated carbocycles. The highest BCUT2D eigenvalue weighted by atomic mass is 35.5. The van der Waals surface area contributed by atoms with Gasteiger partial charge in [0.15, 0.2) is 5.16 Å². The number of cyclic esters (lactones) is 1. The number of hydrogen-bond donors (Lipinski definition) is 0. The van der Waals surface area contributed by atoms with E-state index in [9.17, 15) is 14.4 Å². The van der Waals surface area contributed by atoms with Crippen molar-refractivity contribution in [1.29, 1.82) is 0 Å². The molecule has 1 aromatic heterocycles. The topological polar surface area (TPSA) is 81.5 Å². The lowest BCUT2D eigenvalue weighted by molar-refractivity contribution is -0.125. The summed E-state index contributed by atoms with van der Waals surface area (Å²) in [5.41, 5.74) is 0.289. The van der Waals surface area contributed by atoms with E-state index < -0.39 is 6.09 Å². The molecule has 1 fully saturated rings. The third kappa shape index (κ3) is 3.50. The Morgan fingerprint density at radius 1 is 1.40 bits per heavy atom. The maximum atomic E-state index is 12.8. The van der Waals surface area contributed by atoms with Crippen LogP contribution in [0.15, 0.2) is 28.2 Å². The van der Waals surface area contributed by atoms with Crippen molar-refractivity contribution in [2.75, 3.05) is 18.9 Å². The highest BCUT2D eigenvalue weighted by molar-refractivity contribution is 7.99. The number of nitrogens with zero attached hydrogens (tertiary/aromatic N) is 3. The van der Waals surface area contributed by atoms with E-state index in [4.69, 9.17) is 16.3 Å². The average Bonchev–Trinajstić information content (AvgIpc) is 2.98. The normalized spacial score (nSPS) is 14.4. The fourth-order valence-electron chi connectivity index (χ4n) is 2.53. The summed E-state index contributed by atoms with van der Waals surface area (Å²) in [4.78, 5) is 41.9. The molecule has 0 radical (unpaired) electrons. The Balaban J connectivity index is 1.94. The summed E-state index contributed by atoms with van der Waals surface area (Å²) < 4.78 is 6.30.